The van der Waals surface area contributed by atoms with E-state index in [1.54, 1.807) is 7.11 Å². The standard InChI is InChI=1S/C15H25NO2/c1-11(2)9-12(3)18-15(10-16)13-5-7-14(17-4)8-6-13/h5-8,11-12,15H,9-10,16H2,1-4H3. The average Bonchev–Trinajstić information content (AvgIpc) is 2.35. The maximum Gasteiger partial charge on any atom is 0.118 e. The third-order valence-corrected chi connectivity index (χ3v) is 2.90. The minimum absolute atomic E-state index is 0.0374. The molecule has 0 fully saturated rings. The van der Waals surface area contributed by atoms with Gasteiger partial charge in [0, 0.05) is 6.54 Å². The molecule has 18 heavy (non-hydrogen) atoms. The molecular weight excluding hydrogens is 226 g/mol. The van der Waals surface area contributed by atoms with Crippen LogP contribution in [0.15, 0.2) is 24.3 Å². The first kappa shape index (κ1) is 15.0. The van der Waals surface area contributed by atoms with Gasteiger partial charge in [0.05, 0.1) is 19.3 Å². The van der Waals surface area contributed by atoms with Gasteiger partial charge in [-0.2, -0.15) is 0 Å². The van der Waals surface area contributed by atoms with Gasteiger partial charge >= 0.3 is 0 Å². The molecular formula is C15H25NO2. The van der Waals surface area contributed by atoms with E-state index in [1.807, 2.05) is 24.3 Å². The number of benzene rings is 1. The second kappa shape index (κ2) is 7.39. The molecule has 2 atom stereocenters. The van der Waals surface area contributed by atoms with Crippen LogP contribution in [0, 0.1) is 5.92 Å². The fourth-order valence-corrected chi connectivity index (χ4v) is 2.09. The molecule has 0 saturated carbocycles. The summed E-state index contributed by atoms with van der Waals surface area (Å²) in [4.78, 5) is 0. The lowest BCUT2D eigenvalue weighted by atomic mass is 10.1. The van der Waals surface area contributed by atoms with Crippen molar-refractivity contribution in [2.75, 3.05) is 13.7 Å². The Hall–Kier alpha value is -1.06. The summed E-state index contributed by atoms with van der Waals surface area (Å²) in [6, 6.07) is 7.90. The van der Waals surface area contributed by atoms with Crippen LogP contribution in [0.2, 0.25) is 0 Å². The zero-order valence-corrected chi connectivity index (χ0v) is 11.8. The molecule has 0 aliphatic rings. The molecule has 0 heterocycles. The molecule has 0 aliphatic carbocycles. The summed E-state index contributed by atoms with van der Waals surface area (Å²) in [7, 11) is 1.66. The molecule has 1 rings (SSSR count). The van der Waals surface area contributed by atoms with Gasteiger partial charge in [0.15, 0.2) is 0 Å². The van der Waals surface area contributed by atoms with Crippen LogP contribution in [-0.4, -0.2) is 19.8 Å². The van der Waals surface area contributed by atoms with Gasteiger partial charge in [-0.15, -0.1) is 0 Å². The van der Waals surface area contributed by atoms with E-state index in [1.165, 1.54) is 0 Å². The van der Waals surface area contributed by atoms with Crippen molar-refractivity contribution in [3.8, 4) is 5.75 Å². The molecule has 0 radical (unpaired) electrons. The van der Waals surface area contributed by atoms with Crippen molar-refractivity contribution in [2.45, 2.75) is 39.4 Å². The predicted molar refractivity (Wildman–Crippen MR) is 74.8 cm³/mol. The quantitative estimate of drug-likeness (QED) is 0.809. The Morgan fingerprint density at radius 2 is 1.72 bits per heavy atom. The van der Waals surface area contributed by atoms with Crippen LogP contribution in [0.4, 0.5) is 0 Å². The first-order valence-electron chi connectivity index (χ1n) is 6.56. The van der Waals surface area contributed by atoms with Gasteiger partial charge in [-0.25, -0.2) is 0 Å². The van der Waals surface area contributed by atoms with Crippen LogP contribution in [0.5, 0.6) is 5.75 Å². The highest BCUT2D eigenvalue weighted by Crippen LogP contribution is 2.22. The Kier molecular flexibility index (Phi) is 6.16. The Balaban J connectivity index is 2.64. The lowest BCUT2D eigenvalue weighted by molar-refractivity contribution is -0.00841. The van der Waals surface area contributed by atoms with Crippen molar-refractivity contribution >= 4 is 0 Å². The largest absolute Gasteiger partial charge is 0.497 e. The van der Waals surface area contributed by atoms with Crippen molar-refractivity contribution in [2.24, 2.45) is 11.7 Å². The number of ether oxygens (including phenoxy) is 2. The second-order valence-electron chi connectivity index (χ2n) is 5.07. The molecule has 102 valence electrons. The smallest absolute Gasteiger partial charge is 0.118 e. The highest BCUT2D eigenvalue weighted by molar-refractivity contribution is 5.28. The van der Waals surface area contributed by atoms with Gasteiger partial charge in [-0.05, 0) is 37.0 Å². The first-order chi connectivity index (χ1) is 8.56. The lowest BCUT2D eigenvalue weighted by Crippen LogP contribution is -2.22. The summed E-state index contributed by atoms with van der Waals surface area (Å²) in [6.07, 6.45) is 1.23. The highest BCUT2D eigenvalue weighted by Gasteiger charge is 2.15. The van der Waals surface area contributed by atoms with Gasteiger partial charge in [0.2, 0.25) is 0 Å². The molecule has 3 heteroatoms. The van der Waals surface area contributed by atoms with E-state index >= 15 is 0 Å². The Labute approximate surface area is 110 Å². The molecule has 2 unspecified atom stereocenters. The topological polar surface area (TPSA) is 44.5 Å². The van der Waals surface area contributed by atoms with E-state index in [0.717, 1.165) is 17.7 Å². The van der Waals surface area contributed by atoms with Crippen LogP contribution in [0.3, 0.4) is 0 Å². The molecule has 1 aromatic rings. The number of hydrogen-bond donors (Lipinski definition) is 1. The van der Waals surface area contributed by atoms with E-state index in [0.29, 0.717) is 12.5 Å². The monoisotopic (exact) mass is 251 g/mol. The fraction of sp³-hybridized carbons (Fsp3) is 0.600. The number of rotatable bonds is 7. The van der Waals surface area contributed by atoms with E-state index in [4.69, 9.17) is 15.2 Å². The Bertz CT molecular complexity index is 335. The molecule has 0 aliphatic heterocycles. The third kappa shape index (κ3) is 4.67. The van der Waals surface area contributed by atoms with Crippen molar-refractivity contribution in [3.63, 3.8) is 0 Å². The number of hydrogen-bond acceptors (Lipinski definition) is 3. The third-order valence-electron chi connectivity index (χ3n) is 2.90. The van der Waals surface area contributed by atoms with Gasteiger partial charge in [0.25, 0.3) is 0 Å². The number of nitrogens with two attached hydrogens (primary N) is 1. The van der Waals surface area contributed by atoms with Gasteiger partial charge < -0.3 is 15.2 Å². The van der Waals surface area contributed by atoms with Crippen LogP contribution < -0.4 is 10.5 Å². The van der Waals surface area contributed by atoms with Gasteiger partial charge in [-0.1, -0.05) is 26.0 Å². The molecule has 0 aromatic heterocycles. The van der Waals surface area contributed by atoms with Crippen LogP contribution >= 0.6 is 0 Å². The summed E-state index contributed by atoms with van der Waals surface area (Å²) in [5.74, 6) is 1.49. The van der Waals surface area contributed by atoms with Gasteiger partial charge in [0.1, 0.15) is 5.75 Å². The summed E-state index contributed by atoms with van der Waals surface area (Å²) >= 11 is 0. The molecule has 0 amide bonds. The Morgan fingerprint density at radius 1 is 1.11 bits per heavy atom. The van der Waals surface area contributed by atoms with Crippen LogP contribution in [-0.2, 0) is 4.74 Å². The predicted octanol–water partition coefficient (Wildman–Crippen LogP) is 3.15. The lowest BCUT2D eigenvalue weighted by Gasteiger charge is -2.23. The van der Waals surface area contributed by atoms with E-state index in [2.05, 4.69) is 20.8 Å². The number of methoxy groups -OCH3 is 1. The molecule has 0 saturated heterocycles. The van der Waals surface area contributed by atoms with Crippen molar-refractivity contribution in [3.05, 3.63) is 29.8 Å². The Morgan fingerprint density at radius 3 is 2.17 bits per heavy atom. The molecule has 0 spiro atoms. The second-order valence-corrected chi connectivity index (χ2v) is 5.07. The van der Waals surface area contributed by atoms with Crippen LogP contribution in [0.25, 0.3) is 0 Å². The molecule has 3 nitrogen and oxygen atoms in total. The van der Waals surface area contributed by atoms with Crippen molar-refractivity contribution < 1.29 is 9.47 Å². The van der Waals surface area contributed by atoms with Crippen molar-refractivity contribution in [1.82, 2.24) is 0 Å². The maximum absolute atomic E-state index is 6.00. The van der Waals surface area contributed by atoms with Crippen LogP contribution in [0.1, 0.15) is 38.9 Å². The molecule has 1 aromatic carbocycles. The maximum atomic E-state index is 6.00. The highest BCUT2D eigenvalue weighted by atomic mass is 16.5. The minimum atomic E-state index is -0.0374. The fourth-order valence-electron chi connectivity index (χ4n) is 2.09. The van der Waals surface area contributed by atoms with E-state index in [-0.39, 0.29) is 12.2 Å². The summed E-state index contributed by atoms with van der Waals surface area (Å²) in [5.41, 5.74) is 6.90. The normalized spacial score (nSPS) is 14.6. The average molecular weight is 251 g/mol. The zero-order chi connectivity index (χ0) is 13.5. The zero-order valence-electron chi connectivity index (χ0n) is 11.8. The van der Waals surface area contributed by atoms with Gasteiger partial charge in [-0.3, -0.25) is 0 Å². The summed E-state index contributed by atoms with van der Waals surface area (Å²) in [6.45, 7) is 7.00. The van der Waals surface area contributed by atoms with Crippen molar-refractivity contribution in [1.29, 1.82) is 0 Å². The first-order valence-corrected chi connectivity index (χ1v) is 6.56. The minimum Gasteiger partial charge on any atom is -0.497 e. The summed E-state index contributed by atoms with van der Waals surface area (Å²) < 4.78 is 11.1. The van der Waals surface area contributed by atoms with E-state index < -0.39 is 0 Å². The summed E-state index contributed by atoms with van der Waals surface area (Å²) in [5, 5.41) is 0. The van der Waals surface area contributed by atoms with E-state index in [9.17, 15) is 0 Å². The molecule has 2 N–H and O–H groups in total. The SMILES string of the molecule is COc1ccc(C(CN)OC(C)CC(C)C)cc1. The molecule has 0 bridgehead atoms.